The van der Waals surface area contributed by atoms with Gasteiger partial charge in [0.2, 0.25) is 17.7 Å². The number of aliphatic hydroxyl groups excluding tert-OH is 1. The summed E-state index contributed by atoms with van der Waals surface area (Å²) in [5, 5.41) is 14.2. The maximum atomic E-state index is 13.2. The van der Waals surface area contributed by atoms with Gasteiger partial charge in [0, 0.05) is 37.2 Å². The van der Waals surface area contributed by atoms with Crippen LogP contribution in [0.15, 0.2) is 66.5 Å². The predicted molar refractivity (Wildman–Crippen MR) is 143 cm³/mol. The highest BCUT2D eigenvalue weighted by Gasteiger charge is 2.42. The monoisotopic (exact) mass is 520 g/mol. The average Bonchev–Trinajstić information content (AvgIpc) is 3.69. The number of nitrogens with two attached hydrogens (primary N) is 3. The Morgan fingerprint density at radius 1 is 1.08 bits per heavy atom. The van der Waals surface area contributed by atoms with Gasteiger partial charge in [0.25, 0.3) is 0 Å². The van der Waals surface area contributed by atoms with Crippen LogP contribution >= 0.6 is 0 Å². The van der Waals surface area contributed by atoms with Gasteiger partial charge in [-0.25, -0.2) is 5.84 Å². The topological polar surface area (TPSA) is 168 Å². The van der Waals surface area contributed by atoms with Crippen LogP contribution < -0.4 is 22.6 Å². The number of aliphatic hydroxyl groups is 1. The Kier molecular flexibility index (Phi) is 8.33. The minimum atomic E-state index is -0.982. The molecule has 1 heterocycles. The normalized spacial score (nSPS) is 21.0. The molecule has 0 spiro atoms. The van der Waals surface area contributed by atoms with Gasteiger partial charge in [0.1, 0.15) is 18.1 Å². The van der Waals surface area contributed by atoms with Crippen molar-refractivity contribution >= 4 is 17.7 Å². The third kappa shape index (κ3) is 6.51. The molecule has 0 bridgehead atoms. The number of β-amino-alcohol motifs (C(OH)–C–C–N with tert-alkyl or cyclic N) is 1. The molecule has 2 aromatic rings. The number of likely N-dealkylation sites (tertiary alicyclic amines) is 1. The van der Waals surface area contributed by atoms with E-state index in [9.17, 15) is 19.5 Å². The van der Waals surface area contributed by atoms with Gasteiger partial charge in [0.15, 0.2) is 0 Å². The largest absolute Gasteiger partial charge is 0.401 e. The number of amides is 3. The molecule has 8 N–H and O–H groups in total. The Balaban J connectivity index is 1.41. The number of allylic oxidation sites excluding steroid dienone is 1. The van der Waals surface area contributed by atoms with Crippen molar-refractivity contribution in [3.05, 3.63) is 72.1 Å². The van der Waals surface area contributed by atoms with E-state index in [1.807, 2.05) is 54.6 Å². The summed E-state index contributed by atoms with van der Waals surface area (Å²) in [6, 6.07) is 14.8. The zero-order chi connectivity index (χ0) is 27.4. The van der Waals surface area contributed by atoms with Crippen LogP contribution in [0.5, 0.6) is 0 Å². The molecule has 2 aliphatic rings. The van der Waals surface area contributed by atoms with Crippen molar-refractivity contribution in [3.63, 3.8) is 0 Å². The van der Waals surface area contributed by atoms with Gasteiger partial charge in [-0.3, -0.25) is 14.4 Å². The number of rotatable bonds is 10. The van der Waals surface area contributed by atoms with Crippen molar-refractivity contribution in [2.24, 2.45) is 23.2 Å². The second-order valence-electron chi connectivity index (χ2n) is 10.2. The van der Waals surface area contributed by atoms with Gasteiger partial charge in [-0.05, 0) is 36.5 Å². The van der Waals surface area contributed by atoms with E-state index in [4.69, 9.17) is 17.3 Å². The lowest BCUT2D eigenvalue weighted by atomic mass is 10.00. The quantitative estimate of drug-likeness (QED) is 0.226. The number of nitrogens with one attached hydrogen (secondary N) is 1. The number of primary amides is 1. The number of nitrogens with zero attached hydrogens (tertiary/aromatic N) is 2. The highest BCUT2D eigenvalue weighted by molar-refractivity contribution is 5.93. The molecule has 0 radical (unpaired) electrons. The maximum Gasteiger partial charge on any atom is 0.247 e. The van der Waals surface area contributed by atoms with Crippen LogP contribution in [0, 0.1) is 5.92 Å². The Hall–Kier alpha value is -3.89. The summed E-state index contributed by atoms with van der Waals surface area (Å²) in [5.74, 6) is 4.69. The molecular weight excluding hydrogens is 484 g/mol. The van der Waals surface area contributed by atoms with E-state index < -0.39 is 42.0 Å². The first-order valence-electron chi connectivity index (χ1n) is 12.9. The molecule has 3 amide bonds. The van der Waals surface area contributed by atoms with Crippen molar-refractivity contribution in [2.75, 3.05) is 6.54 Å². The first kappa shape index (κ1) is 27.2. The zero-order valence-corrected chi connectivity index (χ0v) is 21.5. The molecule has 1 saturated heterocycles. The van der Waals surface area contributed by atoms with Crippen LogP contribution in [0.4, 0.5) is 0 Å². The van der Waals surface area contributed by atoms with Gasteiger partial charge in [-0.15, -0.1) is 0 Å². The first-order valence-corrected chi connectivity index (χ1v) is 12.9. The molecule has 10 heteroatoms. The summed E-state index contributed by atoms with van der Waals surface area (Å²) in [7, 11) is 0. The molecule has 202 valence electrons. The van der Waals surface area contributed by atoms with Crippen LogP contribution in [-0.4, -0.2) is 63.5 Å². The van der Waals surface area contributed by atoms with Gasteiger partial charge in [0.05, 0.1) is 6.10 Å². The maximum absolute atomic E-state index is 13.2. The van der Waals surface area contributed by atoms with E-state index >= 15 is 0 Å². The van der Waals surface area contributed by atoms with E-state index in [1.54, 1.807) is 13.1 Å². The molecule has 4 atom stereocenters. The smallest absolute Gasteiger partial charge is 0.247 e. The highest BCUT2D eigenvalue weighted by atomic mass is 16.3. The molecule has 4 unspecified atom stereocenters. The lowest BCUT2D eigenvalue weighted by molar-refractivity contribution is -0.142. The van der Waals surface area contributed by atoms with E-state index in [-0.39, 0.29) is 25.3 Å². The van der Waals surface area contributed by atoms with Crippen molar-refractivity contribution in [1.82, 2.24) is 15.2 Å². The van der Waals surface area contributed by atoms with Crippen molar-refractivity contribution in [1.29, 1.82) is 0 Å². The molecule has 4 rings (SSSR count). The number of hydrazine groups is 1. The molecular formula is C28H36N6O4. The van der Waals surface area contributed by atoms with E-state index in [0.717, 1.165) is 29.5 Å². The lowest BCUT2D eigenvalue weighted by Gasteiger charge is -2.31. The Labute approximate surface area is 222 Å². The second kappa shape index (κ2) is 11.7. The molecule has 2 aromatic carbocycles. The minimum absolute atomic E-state index is 0.0148. The predicted octanol–water partition coefficient (Wildman–Crippen LogP) is 0.602. The molecule has 0 aromatic heterocycles. The fourth-order valence-corrected chi connectivity index (χ4v) is 4.67. The molecule has 1 aliphatic carbocycles. The Bertz CT molecular complexity index is 1180. The van der Waals surface area contributed by atoms with Gasteiger partial charge >= 0.3 is 0 Å². The van der Waals surface area contributed by atoms with E-state index in [1.165, 1.54) is 9.91 Å². The fourth-order valence-electron chi connectivity index (χ4n) is 4.67. The minimum Gasteiger partial charge on any atom is -0.401 e. The molecule has 1 aliphatic heterocycles. The zero-order valence-electron chi connectivity index (χ0n) is 21.5. The fraction of sp³-hybridized carbons (Fsp3) is 0.393. The van der Waals surface area contributed by atoms with Crippen LogP contribution in [0.3, 0.4) is 0 Å². The highest BCUT2D eigenvalue weighted by Crippen LogP contribution is 2.33. The third-order valence-corrected chi connectivity index (χ3v) is 7.18. The molecule has 1 saturated carbocycles. The standard InChI is InChI=1S/C28H36N6O4/c1-17(34(31)16-23(29)21-11-12-21)28(38)33-15-22(35)14-25(33)27(37)32-24(26(30)36)13-18-7-9-20(10-8-18)19-5-3-2-4-6-19/h2-10,16-17,21-22,24-25,35H,11-15,29,31H2,1H3,(H2,30,36)(H,32,37)/b23-16-. The van der Waals surface area contributed by atoms with E-state index in [0.29, 0.717) is 5.70 Å². The number of hydrogen-bond acceptors (Lipinski definition) is 7. The Morgan fingerprint density at radius 2 is 1.71 bits per heavy atom. The number of carbonyl (C=O) groups excluding carboxylic acids is 3. The molecule has 38 heavy (non-hydrogen) atoms. The number of carbonyl (C=O) groups is 3. The summed E-state index contributed by atoms with van der Waals surface area (Å²) < 4.78 is 0. The first-order chi connectivity index (χ1) is 18.1. The summed E-state index contributed by atoms with van der Waals surface area (Å²) in [6.45, 7) is 1.60. The Morgan fingerprint density at radius 3 is 2.32 bits per heavy atom. The van der Waals surface area contributed by atoms with Crippen molar-refractivity contribution in [3.8, 4) is 11.1 Å². The van der Waals surface area contributed by atoms with Crippen LogP contribution in [-0.2, 0) is 20.8 Å². The van der Waals surface area contributed by atoms with E-state index in [2.05, 4.69) is 5.32 Å². The number of hydrogen-bond donors (Lipinski definition) is 5. The van der Waals surface area contributed by atoms with Crippen molar-refractivity contribution in [2.45, 2.75) is 56.8 Å². The number of benzene rings is 2. The van der Waals surface area contributed by atoms with Gasteiger partial charge in [-0.2, -0.15) is 0 Å². The van der Waals surface area contributed by atoms with Crippen molar-refractivity contribution < 1.29 is 19.5 Å². The van der Waals surface area contributed by atoms with Crippen LogP contribution in [0.2, 0.25) is 0 Å². The van der Waals surface area contributed by atoms with Gasteiger partial charge < -0.3 is 31.8 Å². The summed E-state index contributed by atoms with van der Waals surface area (Å²) in [4.78, 5) is 40.0. The summed E-state index contributed by atoms with van der Waals surface area (Å²) >= 11 is 0. The lowest BCUT2D eigenvalue weighted by Crippen LogP contribution is -2.56. The van der Waals surface area contributed by atoms with Crippen LogP contribution in [0.25, 0.3) is 11.1 Å². The summed E-state index contributed by atoms with van der Waals surface area (Å²) in [6.07, 6.45) is 2.91. The third-order valence-electron chi connectivity index (χ3n) is 7.18. The SMILES string of the molecule is CC(C(=O)N1CC(O)CC1C(=O)NC(Cc1ccc(-c2ccccc2)cc1)C(N)=O)N(N)/C=C(\N)C1CC1. The second-order valence-corrected chi connectivity index (χ2v) is 10.2. The molecule has 10 nitrogen and oxygen atoms in total. The van der Waals surface area contributed by atoms with Crippen LogP contribution in [0.1, 0.15) is 31.7 Å². The van der Waals surface area contributed by atoms with Gasteiger partial charge in [-0.1, -0.05) is 54.6 Å². The average molecular weight is 521 g/mol. The molecule has 2 fully saturated rings. The summed E-state index contributed by atoms with van der Waals surface area (Å²) in [5.41, 5.74) is 15.2.